The molecule has 3 aromatic carbocycles. The van der Waals surface area contributed by atoms with Crippen LogP contribution in [0, 0.1) is 0 Å². The zero-order valence-corrected chi connectivity index (χ0v) is 21.3. The van der Waals surface area contributed by atoms with Gasteiger partial charge in [-0.15, -0.1) is 0 Å². The molecule has 0 saturated carbocycles. The Kier molecular flexibility index (Phi) is 6.32. The predicted molar refractivity (Wildman–Crippen MR) is 138 cm³/mol. The maximum absolute atomic E-state index is 12.5. The first-order chi connectivity index (χ1) is 17.9. The molecular formula is C27H32N2O9. The predicted octanol–water partition coefficient (Wildman–Crippen LogP) is 1.85. The molecule has 3 aromatic rings. The zero-order valence-electron chi connectivity index (χ0n) is 21.3. The fourth-order valence-corrected chi connectivity index (χ4v) is 5.75. The smallest absolute Gasteiger partial charge is 0.161 e. The number of phenolic OH excluding ortho intramolecular Hbond substituents is 3. The molecule has 0 radical (unpaired) electrons. The highest BCUT2D eigenvalue weighted by molar-refractivity contribution is 6.20. The molecule has 0 aromatic heterocycles. The molecule has 1 heterocycles. The van der Waals surface area contributed by atoms with Crippen LogP contribution in [0.4, 0.5) is 5.69 Å². The Balaban J connectivity index is 1.77. The summed E-state index contributed by atoms with van der Waals surface area (Å²) in [5.41, 5.74) is 10.8. The number of carbonyl (C=O) groups is 1. The number of Topliss-reactive ketones (excluding diaryl/α,β-unsaturated/α-hetero) is 1. The number of aliphatic hydroxyl groups excluding tert-OH is 1. The molecule has 1 aliphatic heterocycles. The molecule has 11 heteroatoms. The van der Waals surface area contributed by atoms with Crippen molar-refractivity contribution in [3.05, 3.63) is 29.3 Å². The number of nitrogen functional groups attached to an aromatic ring is 1. The number of hydrogen-bond donors (Lipinski definition) is 7. The molecule has 2 aliphatic rings. The summed E-state index contributed by atoms with van der Waals surface area (Å²) in [4.78, 5) is 12.5. The van der Waals surface area contributed by atoms with Crippen LogP contribution in [0.15, 0.2) is 18.2 Å². The number of ketones is 1. The SMILES string of the molecule is COc1cccc2c(N)c3c(O)c4c(c(O)c3c(O)c12)[C@@H](O[C@H]1C[C@H](N)[C@H](O)[C@H](C)O1)C[C@](O)(C(C)=O)C4. The summed E-state index contributed by atoms with van der Waals surface area (Å²) in [6.07, 6.45) is -4.11. The average molecular weight is 529 g/mol. The van der Waals surface area contributed by atoms with Crippen LogP contribution < -0.4 is 16.2 Å². The first-order valence-corrected chi connectivity index (χ1v) is 12.3. The lowest BCUT2D eigenvalue weighted by atomic mass is 9.74. The van der Waals surface area contributed by atoms with Gasteiger partial charge in [-0.05, 0) is 19.9 Å². The van der Waals surface area contributed by atoms with E-state index < -0.39 is 53.5 Å². The van der Waals surface area contributed by atoms with Gasteiger partial charge in [0.1, 0.15) is 28.6 Å². The first-order valence-electron chi connectivity index (χ1n) is 12.3. The molecule has 5 rings (SSSR count). The summed E-state index contributed by atoms with van der Waals surface area (Å²) in [7, 11) is 1.43. The Morgan fingerprint density at radius 2 is 1.84 bits per heavy atom. The Bertz CT molecular complexity index is 1450. The molecule has 11 nitrogen and oxygen atoms in total. The van der Waals surface area contributed by atoms with Crippen LogP contribution in [0.5, 0.6) is 23.0 Å². The van der Waals surface area contributed by atoms with Gasteiger partial charge in [0.05, 0.1) is 47.3 Å². The van der Waals surface area contributed by atoms with Crippen molar-refractivity contribution in [3.63, 3.8) is 0 Å². The van der Waals surface area contributed by atoms with Gasteiger partial charge < -0.3 is 51.2 Å². The van der Waals surface area contributed by atoms with Gasteiger partial charge in [0.2, 0.25) is 0 Å². The van der Waals surface area contributed by atoms with Crippen molar-refractivity contribution < 1.29 is 44.5 Å². The zero-order chi connectivity index (χ0) is 27.7. The van der Waals surface area contributed by atoms with Crippen LogP contribution in [0.2, 0.25) is 0 Å². The Morgan fingerprint density at radius 1 is 1.13 bits per heavy atom. The van der Waals surface area contributed by atoms with Crippen molar-refractivity contribution in [2.24, 2.45) is 5.73 Å². The molecular weight excluding hydrogens is 496 g/mol. The normalized spacial score (nSPS) is 29.4. The highest BCUT2D eigenvalue weighted by Crippen LogP contribution is 2.56. The standard InChI is InChI=1S/C27H32N2O9/c1-10-23(31)14(28)7-17(37-10)38-16-9-27(35,11(2)30)8-13-19(16)26(34)21-20(24(13)32)22(29)12-5-4-6-15(36-3)18(12)25(21)33/h4-6,10,14,16-17,23,31-35H,7-9,28-29H2,1-3H3/t10-,14-,16-,17-,23+,27-/m0/s1. The van der Waals surface area contributed by atoms with E-state index in [0.29, 0.717) is 11.1 Å². The maximum atomic E-state index is 12.5. The third kappa shape index (κ3) is 3.81. The summed E-state index contributed by atoms with van der Waals surface area (Å²) in [5, 5.41) is 56.3. The second-order valence-corrected chi connectivity index (χ2v) is 10.2. The van der Waals surface area contributed by atoms with Crippen molar-refractivity contribution in [3.8, 4) is 23.0 Å². The lowest BCUT2D eigenvalue weighted by Crippen LogP contribution is -2.52. The quantitative estimate of drug-likeness (QED) is 0.148. The molecule has 0 bridgehead atoms. The van der Waals surface area contributed by atoms with Crippen LogP contribution >= 0.6 is 0 Å². The molecule has 1 saturated heterocycles. The third-order valence-corrected chi connectivity index (χ3v) is 7.91. The van der Waals surface area contributed by atoms with E-state index >= 15 is 0 Å². The van der Waals surface area contributed by atoms with E-state index in [2.05, 4.69) is 0 Å². The van der Waals surface area contributed by atoms with E-state index in [1.165, 1.54) is 14.0 Å². The van der Waals surface area contributed by atoms with Crippen LogP contribution in [-0.4, -0.2) is 68.6 Å². The highest BCUT2D eigenvalue weighted by Gasteiger charge is 2.47. The average Bonchev–Trinajstić information content (AvgIpc) is 2.87. The molecule has 9 N–H and O–H groups in total. The molecule has 1 fully saturated rings. The Hall–Kier alpha value is -3.35. The second-order valence-electron chi connectivity index (χ2n) is 10.2. The number of phenols is 3. The van der Waals surface area contributed by atoms with Crippen molar-refractivity contribution in [1.82, 2.24) is 0 Å². The number of aromatic hydroxyl groups is 3. The van der Waals surface area contributed by atoms with Crippen LogP contribution in [0.3, 0.4) is 0 Å². The van der Waals surface area contributed by atoms with Crippen LogP contribution in [-0.2, 0) is 20.7 Å². The van der Waals surface area contributed by atoms with Crippen molar-refractivity contribution >= 4 is 33.0 Å². The number of rotatable bonds is 4. The minimum absolute atomic E-state index is 0.0289. The third-order valence-electron chi connectivity index (χ3n) is 7.91. The molecule has 6 atom stereocenters. The lowest BCUT2D eigenvalue weighted by molar-refractivity contribution is -0.247. The summed E-state index contributed by atoms with van der Waals surface area (Å²) >= 11 is 0. The molecule has 0 spiro atoms. The monoisotopic (exact) mass is 528 g/mol. The van der Waals surface area contributed by atoms with Crippen molar-refractivity contribution in [1.29, 1.82) is 0 Å². The maximum Gasteiger partial charge on any atom is 0.161 e. The molecule has 0 amide bonds. The van der Waals surface area contributed by atoms with Gasteiger partial charge in [0.15, 0.2) is 12.1 Å². The first kappa shape index (κ1) is 26.3. The summed E-state index contributed by atoms with van der Waals surface area (Å²) in [5.74, 6) is -1.44. The Labute approximate surface area is 218 Å². The molecule has 38 heavy (non-hydrogen) atoms. The highest BCUT2D eigenvalue weighted by atomic mass is 16.7. The van der Waals surface area contributed by atoms with Gasteiger partial charge >= 0.3 is 0 Å². The van der Waals surface area contributed by atoms with Crippen molar-refractivity contribution in [2.45, 2.75) is 69.4 Å². The number of anilines is 1. The largest absolute Gasteiger partial charge is 0.507 e. The number of aliphatic hydroxyl groups is 2. The van der Waals surface area contributed by atoms with Gasteiger partial charge in [-0.2, -0.15) is 0 Å². The number of ether oxygens (including phenoxy) is 3. The van der Waals surface area contributed by atoms with Gasteiger partial charge in [0, 0.05) is 41.8 Å². The fourth-order valence-electron chi connectivity index (χ4n) is 5.75. The summed E-state index contributed by atoms with van der Waals surface area (Å²) < 4.78 is 17.3. The molecule has 204 valence electrons. The minimum atomic E-state index is -1.92. The van der Waals surface area contributed by atoms with E-state index in [0.717, 1.165) is 0 Å². The van der Waals surface area contributed by atoms with Crippen LogP contribution in [0.25, 0.3) is 21.5 Å². The van der Waals surface area contributed by atoms with Gasteiger partial charge in [-0.1, -0.05) is 12.1 Å². The van der Waals surface area contributed by atoms with Gasteiger partial charge in [-0.25, -0.2) is 0 Å². The molecule has 0 unspecified atom stereocenters. The Morgan fingerprint density at radius 3 is 2.47 bits per heavy atom. The molecule has 1 aliphatic carbocycles. The lowest BCUT2D eigenvalue weighted by Gasteiger charge is -2.41. The number of methoxy groups -OCH3 is 1. The van der Waals surface area contributed by atoms with E-state index in [-0.39, 0.29) is 58.0 Å². The number of benzene rings is 3. The fraction of sp³-hybridized carbons (Fsp3) is 0.444. The summed E-state index contributed by atoms with van der Waals surface area (Å²) in [6, 6.07) is 4.28. The minimum Gasteiger partial charge on any atom is -0.507 e. The van der Waals surface area contributed by atoms with E-state index in [1.807, 2.05) is 0 Å². The van der Waals surface area contributed by atoms with E-state index in [4.69, 9.17) is 25.7 Å². The van der Waals surface area contributed by atoms with E-state index in [1.54, 1.807) is 25.1 Å². The number of carbonyl (C=O) groups excluding carboxylic acids is 1. The van der Waals surface area contributed by atoms with Gasteiger partial charge in [-0.3, -0.25) is 4.79 Å². The number of fused-ring (bicyclic) bond motifs is 3. The van der Waals surface area contributed by atoms with Gasteiger partial charge in [0.25, 0.3) is 0 Å². The summed E-state index contributed by atoms with van der Waals surface area (Å²) in [6.45, 7) is 2.86. The van der Waals surface area contributed by atoms with E-state index in [9.17, 15) is 30.3 Å². The number of nitrogens with two attached hydrogens (primary N) is 2. The number of hydrogen-bond acceptors (Lipinski definition) is 11. The van der Waals surface area contributed by atoms with Crippen molar-refractivity contribution in [2.75, 3.05) is 12.8 Å². The van der Waals surface area contributed by atoms with Crippen LogP contribution in [0.1, 0.15) is 43.9 Å². The topological polar surface area (TPSA) is 198 Å². The second kappa shape index (κ2) is 9.14.